The molecule has 0 saturated carbocycles. The van der Waals surface area contributed by atoms with Crippen LogP contribution in [0.3, 0.4) is 0 Å². The SMILES string of the molecule is N#C/C(=C(/O)C[NH+]1CCN(c2ccccc2O)CC1)c1nc2ccccc2[nH]1. The Labute approximate surface area is 162 Å². The molecule has 1 saturated heterocycles. The number of phenolic OH excluding ortho intramolecular Hbond substituents is 1. The summed E-state index contributed by atoms with van der Waals surface area (Å²) in [5.74, 6) is 0.728. The summed E-state index contributed by atoms with van der Waals surface area (Å²) < 4.78 is 0. The molecule has 7 heteroatoms. The molecule has 0 spiro atoms. The van der Waals surface area contributed by atoms with Gasteiger partial charge in [-0.1, -0.05) is 24.3 Å². The molecule has 0 bridgehead atoms. The number of aromatic amines is 1. The third-order valence-corrected chi connectivity index (χ3v) is 5.14. The van der Waals surface area contributed by atoms with Gasteiger partial charge in [-0.2, -0.15) is 5.26 Å². The van der Waals surface area contributed by atoms with E-state index < -0.39 is 0 Å². The molecule has 0 atom stereocenters. The van der Waals surface area contributed by atoms with Crippen LogP contribution in [-0.2, 0) is 0 Å². The number of imidazole rings is 1. The van der Waals surface area contributed by atoms with Crippen molar-refractivity contribution in [2.24, 2.45) is 0 Å². The summed E-state index contributed by atoms with van der Waals surface area (Å²) in [6.07, 6.45) is 0. The van der Waals surface area contributed by atoms with Gasteiger partial charge >= 0.3 is 0 Å². The number of H-pyrrole nitrogens is 1. The summed E-state index contributed by atoms with van der Waals surface area (Å²) in [5, 5.41) is 30.2. The molecule has 0 aliphatic carbocycles. The van der Waals surface area contributed by atoms with Gasteiger partial charge in [0, 0.05) is 0 Å². The molecule has 0 radical (unpaired) electrons. The number of anilines is 1. The van der Waals surface area contributed by atoms with Crippen LogP contribution in [0.25, 0.3) is 16.6 Å². The molecule has 1 aliphatic rings. The minimum atomic E-state index is 0.0487. The van der Waals surface area contributed by atoms with Crippen molar-refractivity contribution in [2.45, 2.75) is 0 Å². The molecule has 0 unspecified atom stereocenters. The van der Waals surface area contributed by atoms with E-state index in [-0.39, 0.29) is 17.1 Å². The third-order valence-electron chi connectivity index (χ3n) is 5.14. The van der Waals surface area contributed by atoms with E-state index in [1.54, 1.807) is 6.07 Å². The fourth-order valence-electron chi connectivity index (χ4n) is 3.62. The van der Waals surface area contributed by atoms with E-state index in [9.17, 15) is 15.5 Å². The summed E-state index contributed by atoms with van der Waals surface area (Å²) in [6, 6.07) is 17.0. The molecule has 28 heavy (non-hydrogen) atoms. The first-order valence-electron chi connectivity index (χ1n) is 9.29. The number of hydrogen-bond acceptors (Lipinski definition) is 5. The Hall–Kier alpha value is -3.50. The predicted octanol–water partition coefficient (Wildman–Crippen LogP) is 1.47. The molecule has 142 valence electrons. The highest BCUT2D eigenvalue weighted by molar-refractivity contribution is 5.82. The maximum Gasteiger partial charge on any atom is 0.169 e. The van der Waals surface area contributed by atoms with Crippen molar-refractivity contribution in [1.82, 2.24) is 9.97 Å². The van der Waals surface area contributed by atoms with E-state index in [0.717, 1.165) is 42.9 Å². The van der Waals surface area contributed by atoms with Crippen molar-refractivity contribution in [2.75, 3.05) is 37.6 Å². The number of aliphatic hydroxyl groups excluding tert-OH is 1. The number of piperazine rings is 1. The molecule has 3 aromatic rings. The summed E-state index contributed by atoms with van der Waals surface area (Å²) in [4.78, 5) is 10.9. The lowest BCUT2D eigenvalue weighted by Crippen LogP contribution is -3.15. The number of nitrogens with one attached hydrogen (secondary N) is 2. The van der Waals surface area contributed by atoms with Crippen LogP contribution >= 0.6 is 0 Å². The zero-order valence-electron chi connectivity index (χ0n) is 15.4. The number of rotatable bonds is 4. The van der Waals surface area contributed by atoms with Crippen molar-refractivity contribution < 1.29 is 15.1 Å². The lowest BCUT2D eigenvalue weighted by molar-refractivity contribution is -0.897. The van der Waals surface area contributed by atoms with Gasteiger partial charge in [-0.15, -0.1) is 0 Å². The average molecular weight is 376 g/mol. The van der Waals surface area contributed by atoms with E-state index in [4.69, 9.17) is 0 Å². The van der Waals surface area contributed by atoms with Crippen LogP contribution in [0.1, 0.15) is 5.82 Å². The first kappa shape index (κ1) is 17.9. The van der Waals surface area contributed by atoms with Gasteiger partial charge in [-0.3, -0.25) is 0 Å². The summed E-state index contributed by atoms with van der Waals surface area (Å²) in [6.45, 7) is 3.52. The Morgan fingerprint density at radius 2 is 1.86 bits per heavy atom. The lowest BCUT2D eigenvalue weighted by Gasteiger charge is -2.33. The molecule has 4 N–H and O–H groups in total. The Morgan fingerprint density at radius 1 is 1.14 bits per heavy atom. The fourth-order valence-corrected chi connectivity index (χ4v) is 3.62. The number of nitrogens with zero attached hydrogens (tertiary/aromatic N) is 3. The fraction of sp³-hybridized carbons (Fsp3) is 0.238. The number of hydrogen-bond donors (Lipinski definition) is 4. The van der Waals surface area contributed by atoms with Gasteiger partial charge in [0.25, 0.3) is 0 Å². The Kier molecular flexibility index (Phi) is 4.87. The Morgan fingerprint density at radius 3 is 2.57 bits per heavy atom. The number of aromatic nitrogens is 2. The molecule has 1 aliphatic heterocycles. The van der Waals surface area contributed by atoms with E-state index >= 15 is 0 Å². The van der Waals surface area contributed by atoms with Crippen molar-refractivity contribution in [1.29, 1.82) is 5.26 Å². The minimum Gasteiger partial charge on any atom is -0.506 e. The molecule has 2 heterocycles. The monoisotopic (exact) mass is 376 g/mol. The normalized spacial score (nSPS) is 16.0. The first-order chi connectivity index (χ1) is 13.7. The number of fused-ring (bicyclic) bond motifs is 1. The number of aliphatic hydroxyl groups is 1. The van der Waals surface area contributed by atoms with Crippen LogP contribution < -0.4 is 9.80 Å². The van der Waals surface area contributed by atoms with Crippen LogP contribution in [0.15, 0.2) is 54.3 Å². The zero-order valence-corrected chi connectivity index (χ0v) is 15.4. The maximum atomic E-state index is 10.6. The standard InChI is InChI=1S/C21H21N5O2/c22-13-15(21-23-16-5-1-2-6-17(16)24-21)20(28)14-25-9-11-26(12-10-25)18-7-3-4-8-19(18)27/h1-8,27-28H,9-12,14H2,(H,23,24)/p+1/b20-15-. The highest BCUT2D eigenvalue weighted by atomic mass is 16.3. The number of nitriles is 1. The van der Waals surface area contributed by atoms with E-state index in [0.29, 0.717) is 12.4 Å². The van der Waals surface area contributed by atoms with E-state index in [1.807, 2.05) is 42.5 Å². The topological polar surface area (TPSA) is 101 Å². The molecule has 7 nitrogen and oxygen atoms in total. The van der Waals surface area contributed by atoms with Crippen molar-refractivity contribution >= 4 is 22.3 Å². The summed E-state index contributed by atoms with van der Waals surface area (Å²) in [5.41, 5.74) is 2.62. The van der Waals surface area contributed by atoms with Crippen molar-refractivity contribution in [3.63, 3.8) is 0 Å². The predicted molar refractivity (Wildman–Crippen MR) is 107 cm³/mol. The molecule has 0 amide bonds. The van der Waals surface area contributed by atoms with Crippen LogP contribution in [-0.4, -0.2) is 52.9 Å². The number of quaternary nitrogens is 1. The molecule has 4 rings (SSSR count). The quantitative estimate of drug-likeness (QED) is 0.408. The van der Waals surface area contributed by atoms with Crippen LogP contribution in [0.5, 0.6) is 5.75 Å². The van der Waals surface area contributed by atoms with Gasteiger partial charge in [0.1, 0.15) is 23.9 Å². The van der Waals surface area contributed by atoms with Crippen molar-refractivity contribution in [3.05, 3.63) is 60.1 Å². The Bertz CT molecular complexity index is 1020. The largest absolute Gasteiger partial charge is 0.506 e. The number of aromatic hydroxyl groups is 1. The second kappa shape index (κ2) is 7.62. The molecular weight excluding hydrogens is 354 g/mol. The Balaban J connectivity index is 1.46. The van der Waals surface area contributed by atoms with E-state index in [1.165, 1.54) is 4.90 Å². The van der Waals surface area contributed by atoms with Crippen LogP contribution in [0.2, 0.25) is 0 Å². The zero-order chi connectivity index (χ0) is 19.5. The van der Waals surface area contributed by atoms with Crippen LogP contribution in [0.4, 0.5) is 5.69 Å². The maximum absolute atomic E-state index is 10.6. The second-order valence-corrected chi connectivity index (χ2v) is 6.94. The highest BCUT2D eigenvalue weighted by Crippen LogP contribution is 2.26. The smallest absolute Gasteiger partial charge is 0.169 e. The highest BCUT2D eigenvalue weighted by Gasteiger charge is 2.24. The summed E-state index contributed by atoms with van der Waals surface area (Å²) >= 11 is 0. The summed E-state index contributed by atoms with van der Waals surface area (Å²) in [7, 11) is 0. The number of para-hydroxylation sites is 4. The average Bonchev–Trinajstić information content (AvgIpc) is 3.13. The molecular formula is C21H22N5O2+. The first-order valence-corrected chi connectivity index (χ1v) is 9.29. The number of allylic oxidation sites excluding steroid dienone is 1. The van der Waals surface area contributed by atoms with Gasteiger partial charge in [0.05, 0.1) is 42.9 Å². The minimum absolute atomic E-state index is 0.0487. The number of benzene rings is 2. The molecule has 2 aromatic carbocycles. The lowest BCUT2D eigenvalue weighted by atomic mass is 10.2. The van der Waals surface area contributed by atoms with Gasteiger partial charge in [0.2, 0.25) is 0 Å². The van der Waals surface area contributed by atoms with Gasteiger partial charge in [0.15, 0.2) is 11.6 Å². The third kappa shape index (κ3) is 3.50. The molecule has 1 aromatic heterocycles. The van der Waals surface area contributed by atoms with Gasteiger partial charge in [-0.05, 0) is 24.3 Å². The van der Waals surface area contributed by atoms with Crippen LogP contribution in [0, 0.1) is 11.3 Å². The van der Waals surface area contributed by atoms with Gasteiger partial charge in [-0.25, -0.2) is 4.98 Å². The number of phenols is 1. The second-order valence-electron chi connectivity index (χ2n) is 6.94. The van der Waals surface area contributed by atoms with Gasteiger partial charge < -0.3 is 25.0 Å². The molecule has 1 fully saturated rings. The van der Waals surface area contributed by atoms with Crippen molar-refractivity contribution in [3.8, 4) is 11.8 Å². The van der Waals surface area contributed by atoms with E-state index in [2.05, 4.69) is 20.9 Å².